The summed E-state index contributed by atoms with van der Waals surface area (Å²) in [4.78, 5) is 0. The average molecular weight is 253 g/mol. The minimum absolute atomic E-state index is 0.0805. The van der Waals surface area contributed by atoms with Crippen LogP contribution < -0.4 is 5.73 Å². The van der Waals surface area contributed by atoms with Gasteiger partial charge in [0.05, 0.1) is 11.7 Å². The molecule has 1 aliphatic rings. The SMILES string of the molecule is CCCC(F)(CN)Cc1ccn(C2CCCC2)n1. The van der Waals surface area contributed by atoms with Crippen molar-refractivity contribution >= 4 is 0 Å². The van der Waals surface area contributed by atoms with Crippen LogP contribution in [0.25, 0.3) is 0 Å². The van der Waals surface area contributed by atoms with Gasteiger partial charge in [0.1, 0.15) is 5.67 Å². The molecule has 0 radical (unpaired) electrons. The Bertz CT molecular complexity index is 371. The summed E-state index contributed by atoms with van der Waals surface area (Å²) in [6.07, 6.45) is 8.64. The molecule has 3 nitrogen and oxygen atoms in total. The van der Waals surface area contributed by atoms with Crippen LogP contribution in [0, 0.1) is 0 Å². The molecule has 1 aliphatic carbocycles. The number of rotatable bonds is 6. The van der Waals surface area contributed by atoms with Crippen molar-refractivity contribution in [2.75, 3.05) is 6.54 Å². The van der Waals surface area contributed by atoms with Gasteiger partial charge in [0, 0.05) is 19.2 Å². The molecule has 1 aromatic rings. The minimum Gasteiger partial charge on any atom is -0.328 e. The van der Waals surface area contributed by atoms with Crippen LogP contribution in [-0.2, 0) is 6.42 Å². The van der Waals surface area contributed by atoms with Crippen LogP contribution >= 0.6 is 0 Å². The Kier molecular flexibility index (Phi) is 4.38. The second kappa shape index (κ2) is 5.83. The first kappa shape index (κ1) is 13.5. The van der Waals surface area contributed by atoms with Gasteiger partial charge < -0.3 is 5.73 Å². The maximum atomic E-state index is 14.4. The molecule has 18 heavy (non-hydrogen) atoms. The van der Waals surface area contributed by atoms with Crippen molar-refractivity contribution in [1.82, 2.24) is 9.78 Å². The summed E-state index contributed by atoms with van der Waals surface area (Å²) in [5.74, 6) is 0. The van der Waals surface area contributed by atoms with Crippen LogP contribution in [0.1, 0.15) is 57.2 Å². The van der Waals surface area contributed by atoms with Gasteiger partial charge in [-0.05, 0) is 25.3 Å². The molecule has 2 N–H and O–H groups in total. The second-order valence-electron chi connectivity index (χ2n) is 5.51. The predicted molar refractivity (Wildman–Crippen MR) is 71.2 cm³/mol. The quantitative estimate of drug-likeness (QED) is 0.847. The molecule has 102 valence electrons. The van der Waals surface area contributed by atoms with Crippen molar-refractivity contribution in [1.29, 1.82) is 0 Å². The summed E-state index contributed by atoms with van der Waals surface area (Å²) in [5, 5.41) is 4.53. The fourth-order valence-electron chi connectivity index (χ4n) is 2.88. The molecule has 1 fully saturated rings. The summed E-state index contributed by atoms with van der Waals surface area (Å²) >= 11 is 0. The standard InChI is InChI=1S/C14H24FN3/c1-2-8-14(15,11-16)10-12-7-9-18(17-12)13-5-3-4-6-13/h7,9,13H,2-6,8,10-11,16H2,1H3. The molecule has 0 amide bonds. The average Bonchev–Trinajstić information content (AvgIpc) is 2.99. The molecule has 0 aromatic carbocycles. The highest BCUT2D eigenvalue weighted by Gasteiger charge is 2.28. The molecular weight excluding hydrogens is 229 g/mol. The van der Waals surface area contributed by atoms with E-state index in [1.165, 1.54) is 25.7 Å². The number of hydrogen-bond acceptors (Lipinski definition) is 2. The van der Waals surface area contributed by atoms with Gasteiger partial charge in [-0.1, -0.05) is 26.2 Å². The normalized spacial score (nSPS) is 20.2. The molecule has 0 aliphatic heterocycles. The highest BCUT2D eigenvalue weighted by Crippen LogP contribution is 2.29. The zero-order chi connectivity index (χ0) is 13.0. The first-order valence-electron chi connectivity index (χ1n) is 7.10. The van der Waals surface area contributed by atoms with Crippen LogP contribution in [0.2, 0.25) is 0 Å². The number of hydrogen-bond donors (Lipinski definition) is 1. The van der Waals surface area contributed by atoms with E-state index in [1.807, 2.05) is 23.9 Å². The van der Waals surface area contributed by atoms with Gasteiger partial charge in [0.2, 0.25) is 0 Å². The largest absolute Gasteiger partial charge is 0.328 e. The molecule has 0 bridgehead atoms. The number of aromatic nitrogens is 2. The van der Waals surface area contributed by atoms with E-state index in [0.29, 0.717) is 18.9 Å². The van der Waals surface area contributed by atoms with E-state index in [4.69, 9.17) is 5.73 Å². The summed E-state index contributed by atoms with van der Waals surface area (Å²) in [5.41, 5.74) is 5.11. The third-order valence-corrected chi connectivity index (χ3v) is 3.92. The smallest absolute Gasteiger partial charge is 0.128 e. The third kappa shape index (κ3) is 3.10. The maximum absolute atomic E-state index is 14.4. The molecule has 0 spiro atoms. The Morgan fingerprint density at radius 3 is 2.83 bits per heavy atom. The van der Waals surface area contributed by atoms with Crippen LogP contribution in [-0.4, -0.2) is 22.0 Å². The van der Waals surface area contributed by atoms with Crippen molar-refractivity contribution < 1.29 is 4.39 Å². The highest BCUT2D eigenvalue weighted by molar-refractivity contribution is 5.05. The molecule has 0 saturated heterocycles. The molecule has 2 rings (SSSR count). The predicted octanol–water partition coefficient (Wildman–Crippen LogP) is 3.01. The molecule has 4 heteroatoms. The van der Waals surface area contributed by atoms with Crippen LogP contribution in [0.3, 0.4) is 0 Å². The second-order valence-corrected chi connectivity index (χ2v) is 5.51. The lowest BCUT2D eigenvalue weighted by atomic mass is 9.95. The summed E-state index contributed by atoms with van der Waals surface area (Å²) in [7, 11) is 0. The zero-order valence-corrected chi connectivity index (χ0v) is 11.2. The number of nitrogens with zero attached hydrogens (tertiary/aromatic N) is 2. The Morgan fingerprint density at radius 1 is 1.50 bits per heavy atom. The first-order valence-corrected chi connectivity index (χ1v) is 7.10. The van der Waals surface area contributed by atoms with E-state index < -0.39 is 5.67 Å². The summed E-state index contributed by atoms with van der Waals surface area (Å²) in [6, 6.07) is 2.47. The summed E-state index contributed by atoms with van der Waals surface area (Å²) < 4.78 is 16.4. The molecule has 1 heterocycles. The minimum atomic E-state index is -1.29. The number of halogens is 1. The number of nitrogens with two attached hydrogens (primary N) is 1. The van der Waals surface area contributed by atoms with Crippen molar-refractivity contribution in [3.8, 4) is 0 Å². The van der Waals surface area contributed by atoms with E-state index in [1.54, 1.807) is 0 Å². The molecule has 1 unspecified atom stereocenters. The topological polar surface area (TPSA) is 43.8 Å². The van der Waals surface area contributed by atoms with Gasteiger partial charge in [-0.15, -0.1) is 0 Å². The Hall–Kier alpha value is -0.900. The van der Waals surface area contributed by atoms with Crippen LogP contribution in [0.4, 0.5) is 4.39 Å². The van der Waals surface area contributed by atoms with Gasteiger partial charge in [-0.3, -0.25) is 4.68 Å². The highest BCUT2D eigenvalue weighted by atomic mass is 19.1. The van der Waals surface area contributed by atoms with E-state index in [0.717, 1.165) is 12.1 Å². The summed E-state index contributed by atoms with van der Waals surface area (Å²) in [6.45, 7) is 2.07. The zero-order valence-electron chi connectivity index (χ0n) is 11.2. The lowest BCUT2D eigenvalue weighted by Gasteiger charge is -2.21. The lowest BCUT2D eigenvalue weighted by Crippen LogP contribution is -2.35. The van der Waals surface area contributed by atoms with E-state index in [2.05, 4.69) is 5.10 Å². The maximum Gasteiger partial charge on any atom is 0.128 e. The van der Waals surface area contributed by atoms with Gasteiger partial charge in [0.15, 0.2) is 0 Å². The molecule has 1 aromatic heterocycles. The fraction of sp³-hybridized carbons (Fsp3) is 0.786. The van der Waals surface area contributed by atoms with E-state index in [9.17, 15) is 4.39 Å². The molecular formula is C14H24FN3. The van der Waals surface area contributed by atoms with Crippen molar-refractivity contribution in [2.24, 2.45) is 5.73 Å². The van der Waals surface area contributed by atoms with E-state index >= 15 is 0 Å². The lowest BCUT2D eigenvalue weighted by molar-refractivity contribution is 0.156. The van der Waals surface area contributed by atoms with Crippen LogP contribution in [0.5, 0.6) is 0 Å². The van der Waals surface area contributed by atoms with E-state index in [-0.39, 0.29) is 6.54 Å². The fourth-order valence-corrected chi connectivity index (χ4v) is 2.88. The van der Waals surface area contributed by atoms with Crippen molar-refractivity contribution in [2.45, 2.75) is 63.6 Å². The van der Waals surface area contributed by atoms with Gasteiger partial charge in [0.25, 0.3) is 0 Å². The first-order chi connectivity index (χ1) is 8.67. The van der Waals surface area contributed by atoms with Crippen molar-refractivity contribution in [3.05, 3.63) is 18.0 Å². The Balaban J connectivity index is 2.00. The molecule has 1 atom stereocenters. The Morgan fingerprint density at radius 2 is 2.22 bits per heavy atom. The Labute approximate surface area is 109 Å². The van der Waals surface area contributed by atoms with Gasteiger partial charge in [-0.25, -0.2) is 4.39 Å². The van der Waals surface area contributed by atoms with Gasteiger partial charge >= 0.3 is 0 Å². The third-order valence-electron chi connectivity index (χ3n) is 3.92. The molecule has 1 saturated carbocycles. The monoisotopic (exact) mass is 253 g/mol. The van der Waals surface area contributed by atoms with Gasteiger partial charge in [-0.2, -0.15) is 5.10 Å². The number of alkyl halides is 1. The van der Waals surface area contributed by atoms with Crippen LogP contribution in [0.15, 0.2) is 12.3 Å². The van der Waals surface area contributed by atoms with Crippen molar-refractivity contribution in [3.63, 3.8) is 0 Å².